The van der Waals surface area contributed by atoms with Crippen LogP contribution in [0.25, 0.3) is 0 Å². The van der Waals surface area contributed by atoms with Crippen LogP contribution < -0.4 is 10.6 Å². The third-order valence-electron chi connectivity index (χ3n) is 2.55. The molecule has 2 amide bonds. The summed E-state index contributed by atoms with van der Waals surface area (Å²) in [5.74, 6) is 0. The number of nitrogens with one attached hydrogen (secondary N) is 2. The van der Waals surface area contributed by atoms with Gasteiger partial charge in [-0.05, 0) is 25.2 Å². The zero-order chi connectivity index (χ0) is 12.5. The van der Waals surface area contributed by atoms with Crippen molar-refractivity contribution in [2.75, 3.05) is 31.5 Å². The van der Waals surface area contributed by atoms with Gasteiger partial charge in [-0.3, -0.25) is 4.98 Å². The number of likely N-dealkylation sites (N-methyl/N-ethyl adjacent to an activating group) is 1. The van der Waals surface area contributed by atoms with Crippen LogP contribution in [0, 0.1) is 0 Å². The molecule has 0 bridgehead atoms. The lowest BCUT2D eigenvalue weighted by Crippen LogP contribution is -2.36. The number of hydrogen-bond donors (Lipinski definition) is 2. The highest BCUT2D eigenvalue weighted by Gasteiger charge is 2.02. The molecule has 5 heteroatoms. The summed E-state index contributed by atoms with van der Waals surface area (Å²) in [6, 6.07) is 3.33. The lowest BCUT2D eigenvalue weighted by molar-refractivity contribution is 0.248. The topological polar surface area (TPSA) is 57.3 Å². The molecule has 1 rings (SSSR count). The van der Waals surface area contributed by atoms with Crippen LogP contribution in [-0.2, 0) is 0 Å². The van der Waals surface area contributed by atoms with Crippen molar-refractivity contribution in [3.8, 4) is 0 Å². The number of nitrogens with zero attached hydrogens (tertiary/aromatic N) is 2. The number of rotatable bonds is 6. The van der Waals surface area contributed by atoms with Crippen LogP contribution in [0.15, 0.2) is 24.5 Å². The Morgan fingerprint density at radius 2 is 1.94 bits per heavy atom. The molecule has 0 aromatic carbocycles. The van der Waals surface area contributed by atoms with Crippen LogP contribution in [0.2, 0.25) is 0 Å². The van der Waals surface area contributed by atoms with E-state index in [4.69, 9.17) is 0 Å². The first-order valence-electron chi connectivity index (χ1n) is 5.93. The highest BCUT2D eigenvalue weighted by Crippen LogP contribution is 2.01. The van der Waals surface area contributed by atoms with Crippen molar-refractivity contribution in [3.05, 3.63) is 24.5 Å². The van der Waals surface area contributed by atoms with Gasteiger partial charge in [0.15, 0.2) is 0 Å². The molecule has 0 unspecified atom stereocenters. The summed E-state index contributed by atoms with van der Waals surface area (Å²) in [4.78, 5) is 17.6. The molecule has 1 aromatic rings. The van der Waals surface area contributed by atoms with Crippen molar-refractivity contribution < 1.29 is 4.79 Å². The first-order valence-corrected chi connectivity index (χ1v) is 5.93. The maximum atomic E-state index is 11.5. The normalized spacial score (nSPS) is 10.3. The summed E-state index contributed by atoms with van der Waals surface area (Å²) in [5.41, 5.74) is 0.750. The fraction of sp³-hybridized carbons (Fsp3) is 0.500. The molecule has 0 atom stereocenters. The Morgan fingerprint density at radius 1 is 1.29 bits per heavy atom. The Hall–Kier alpha value is -1.62. The summed E-state index contributed by atoms with van der Waals surface area (Å²) in [5, 5.41) is 5.56. The Kier molecular flexibility index (Phi) is 6.03. The summed E-state index contributed by atoms with van der Waals surface area (Å²) in [6.07, 6.45) is 3.29. The van der Waals surface area contributed by atoms with E-state index in [2.05, 4.69) is 34.4 Å². The Morgan fingerprint density at radius 3 is 2.53 bits per heavy atom. The lowest BCUT2D eigenvalue weighted by atomic mass is 10.4. The van der Waals surface area contributed by atoms with Crippen molar-refractivity contribution in [1.29, 1.82) is 0 Å². The smallest absolute Gasteiger partial charge is 0.319 e. The summed E-state index contributed by atoms with van der Waals surface area (Å²) in [7, 11) is 0. The van der Waals surface area contributed by atoms with Gasteiger partial charge in [-0.15, -0.1) is 0 Å². The highest BCUT2D eigenvalue weighted by molar-refractivity contribution is 5.88. The second-order valence-electron chi connectivity index (χ2n) is 3.64. The van der Waals surface area contributed by atoms with Gasteiger partial charge in [-0.2, -0.15) is 0 Å². The third-order valence-corrected chi connectivity index (χ3v) is 2.55. The first kappa shape index (κ1) is 13.4. The molecule has 1 heterocycles. The lowest BCUT2D eigenvalue weighted by Gasteiger charge is -2.18. The quantitative estimate of drug-likeness (QED) is 0.787. The molecule has 0 fully saturated rings. The Balaban J connectivity index is 2.22. The molecule has 94 valence electrons. The molecular formula is C12H20N4O. The Labute approximate surface area is 102 Å². The highest BCUT2D eigenvalue weighted by atomic mass is 16.2. The largest absolute Gasteiger partial charge is 0.337 e. The number of anilines is 1. The van der Waals surface area contributed by atoms with Crippen LogP contribution >= 0.6 is 0 Å². The zero-order valence-corrected chi connectivity index (χ0v) is 10.4. The predicted octanol–water partition coefficient (Wildman–Crippen LogP) is 1.54. The van der Waals surface area contributed by atoms with Gasteiger partial charge in [0.05, 0.1) is 0 Å². The Bertz CT molecular complexity index is 325. The maximum absolute atomic E-state index is 11.5. The number of amides is 2. The van der Waals surface area contributed by atoms with Gasteiger partial charge in [-0.1, -0.05) is 13.8 Å². The minimum Gasteiger partial charge on any atom is -0.337 e. The molecule has 0 saturated carbocycles. The van der Waals surface area contributed by atoms with E-state index < -0.39 is 0 Å². The number of pyridine rings is 1. The minimum absolute atomic E-state index is 0.177. The monoisotopic (exact) mass is 236 g/mol. The number of hydrogen-bond acceptors (Lipinski definition) is 3. The fourth-order valence-corrected chi connectivity index (χ4v) is 1.48. The van der Waals surface area contributed by atoms with Gasteiger partial charge in [0.25, 0.3) is 0 Å². The van der Waals surface area contributed by atoms with Crippen molar-refractivity contribution in [2.24, 2.45) is 0 Å². The molecule has 2 N–H and O–H groups in total. The number of aromatic nitrogens is 1. The first-order chi connectivity index (χ1) is 8.26. The van der Waals surface area contributed by atoms with E-state index in [1.807, 2.05) is 0 Å². The number of carbonyl (C=O) groups excluding carboxylic acids is 1. The van der Waals surface area contributed by atoms with Gasteiger partial charge in [-0.25, -0.2) is 4.79 Å². The number of carbonyl (C=O) groups is 1. The number of urea groups is 1. The molecule has 1 aromatic heterocycles. The van der Waals surface area contributed by atoms with Gasteiger partial charge >= 0.3 is 6.03 Å². The van der Waals surface area contributed by atoms with Gasteiger partial charge in [0.1, 0.15) is 0 Å². The van der Waals surface area contributed by atoms with Crippen molar-refractivity contribution in [1.82, 2.24) is 15.2 Å². The molecule has 0 saturated heterocycles. The average Bonchev–Trinajstić information content (AvgIpc) is 2.36. The summed E-state index contributed by atoms with van der Waals surface area (Å²) < 4.78 is 0. The van der Waals surface area contributed by atoms with Crippen molar-refractivity contribution in [2.45, 2.75) is 13.8 Å². The van der Waals surface area contributed by atoms with Crippen LogP contribution in [-0.4, -0.2) is 42.1 Å². The second kappa shape index (κ2) is 7.62. The second-order valence-corrected chi connectivity index (χ2v) is 3.64. The van der Waals surface area contributed by atoms with Gasteiger partial charge in [0.2, 0.25) is 0 Å². The molecule has 0 aliphatic rings. The predicted molar refractivity (Wildman–Crippen MR) is 69.0 cm³/mol. The molecule has 5 nitrogen and oxygen atoms in total. The van der Waals surface area contributed by atoms with E-state index in [1.165, 1.54) is 0 Å². The molecule has 0 aliphatic carbocycles. The SMILES string of the molecule is CCN(CC)CCNC(=O)Nc1ccncc1. The molecule has 17 heavy (non-hydrogen) atoms. The molecular weight excluding hydrogens is 216 g/mol. The van der Waals surface area contributed by atoms with Crippen LogP contribution in [0.1, 0.15) is 13.8 Å². The third kappa shape index (κ3) is 5.31. The van der Waals surface area contributed by atoms with Crippen molar-refractivity contribution >= 4 is 11.7 Å². The van der Waals surface area contributed by atoms with E-state index in [-0.39, 0.29) is 6.03 Å². The molecule has 0 radical (unpaired) electrons. The van der Waals surface area contributed by atoms with Crippen molar-refractivity contribution in [3.63, 3.8) is 0 Å². The van der Waals surface area contributed by atoms with E-state index >= 15 is 0 Å². The van der Waals surface area contributed by atoms with Crippen LogP contribution in [0.4, 0.5) is 10.5 Å². The van der Waals surface area contributed by atoms with E-state index in [0.29, 0.717) is 6.54 Å². The molecule has 0 aliphatic heterocycles. The maximum Gasteiger partial charge on any atom is 0.319 e. The average molecular weight is 236 g/mol. The standard InChI is InChI=1S/C12H20N4O/c1-3-16(4-2)10-9-14-12(17)15-11-5-7-13-8-6-11/h5-8H,3-4,9-10H2,1-2H3,(H2,13,14,15,17). The summed E-state index contributed by atoms with van der Waals surface area (Å²) in [6.45, 7) is 7.75. The van der Waals surface area contributed by atoms with E-state index in [9.17, 15) is 4.79 Å². The van der Waals surface area contributed by atoms with Crippen LogP contribution in [0.3, 0.4) is 0 Å². The van der Waals surface area contributed by atoms with E-state index in [0.717, 1.165) is 25.3 Å². The van der Waals surface area contributed by atoms with Gasteiger partial charge in [0, 0.05) is 31.2 Å². The van der Waals surface area contributed by atoms with Crippen LogP contribution in [0.5, 0.6) is 0 Å². The molecule has 0 spiro atoms. The zero-order valence-electron chi connectivity index (χ0n) is 10.4. The van der Waals surface area contributed by atoms with Gasteiger partial charge < -0.3 is 15.5 Å². The summed E-state index contributed by atoms with van der Waals surface area (Å²) >= 11 is 0. The van der Waals surface area contributed by atoms with E-state index in [1.54, 1.807) is 24.5 Å². The fourth-order valence-electron chi connectivity index (χ4n) is 1.48. The minimum atomic E-state index is -0.177.